The van der Waals surface area contributed by atoms with E-state index in [1.54, 1.807) is 6.08 Å². The van der Waals surface area contributed by atoms with E-state index in [-0.39, 0.29) is 18.5 Å². The summed E-state index contributed by atoms with van der Waals surface area (Å²) in [7, 11) is 0. The van der Waals surface area contributed by atoms with Crippen LogP contribution < -0.4 is 5.32 Å². The molecule has 6 nitrogen and oxygen atoms in total. The molecule has 0 rings (SSSR count). The van der Waals surface area contributed by atoms with Crippen LogP contribution in [0, 0.1) is 0 Å². The number of aliphatic hydroxyl groups excluding tert-OH is 2. The minimum absolute atomic E-state index is 0.0101. The SMILES string of the molecule is CCCCCCCC/C=C\CCCCCCCCCC(=O)OCCCCCCCCCCCCCCCCCCCCCCCCC(=O)NC(CO)C(O)/C=C/CCCCCCCCCCCCCCCCCC. The molecule has 0 heterocycles. The van der Waals surface area contributed by atoms with Gasteiger partial charge in [0.2, 0.25) is 5.91 Å². The highest BCUT2D eigenvalue weighted by Gasteiger charge is 2.18. The van der Waals surface area contributed by atoms with Gasteiger partial charge < -0.3 is 20.3 Å². The fraction of sp³-hybridized carbons (Fsp3) is 0.912. The normalized spacial score (nSPS) is 12.6. The third-order valence-corrected chi connectivity index (χ3v) is 15.7. The smallest absolute Gasteiger partial charge is 0.305 e. The zero-order valence-electron chi connectivity index (χ0n) is 50.1. The van der Waals surface area contributed by atoms with Crippen LogP contribution in [0.5, 0.6) is 0 Å². The highest BCUT2D eigenvalue weighted by molar-refractivity contribution is 5.76. The fourth-order valence-electron chi connectivity index (χ4n) is 10.6. The molecule has 1 amide bonds. The molecular formula is C68H131NO5. The Balaban J connectivity index is 3.39. The van der Waals surface area contributed by atoms with Crippen LogP contribution in [0.4, 0.5) is 0 Å². The van der Waals surface area contributed by atoms with Crippen molar-refractivity contribution in [2.45, 2.75) is 386 Å². The van der Waals surface area contributed by atoms with Gasteiger partial charge in [0.25, 0.3) is 0 Å². The Morgan fingerprint density at radius 1 is 0.365 bits per heavy atom. The highest BCUT2D eigenvalue weighted by atomic mass is 16.5. The maximum absolute atomic E-state index is 12.5. The lowest BCUT2D eigenvalue weighted by atomic mass is 10.0. The molecule has 6 heteroatoms. The van der Waals surface area contributed by atoms with Gasteiger partial charge in [-0.25, -0.2) is 0 Å². The summed E-state index contributed by atoms with van der Waals surface area (Å²) in [4.78, 5) is 24.6. The number of esters is 1. The van der Waals surface area contributed by atoms with Gasteiger partial charge in [-0.15, -0.1) is 0 Å². The lowest BCUT2D eigenvalue weighted by Crippen LogP contribution is -2.45. The van der Waals surface area contributed by atoms with E-state index in [4.69, 9.17) is 4.74 Å². The number of aliphatic hydroxyl groups is 2. The van der Waals surface area contributed by atoms with Crippen molar-refractivity contribution in [1.29, 1.82) is 0 Å². The van der Waals surface area contributed by atoms with Crippen molar-refractivity contribution < 1.29 is 24.5 Å². The van der Waals surface area contributed by atoms with Gasteiger partial charge in [-0.2, -0.15) is 0 Å². The second-order valence-electron chi connectivity index (χ2n) is 23.2. The summed E-state index contributed by atoms with van der Waals surface area (Å²) in [5, 5.41) is 23.2. The minimum Gasteiger partial charge on any atom is -0.466 e. The first kappa shape index (κ1) is 72.3. The lowest BCUT2D eigenvalue weighted by molar-refractivity contribution is -0.143. The first-order valence-electron chi connectivity index (χ1n) is 33.6. The molecule has 0 spiro atoms. The maximum atomic E-state index is 12.5. The van der Waals surface area contributed by atoms with E-state index in [9.17, 15) is 19.8 Å². The van der Waals surface area contributed by atoms with Crippen LogP contribution >= 0.6 is 0 Å². The molecule has 0 aliphatic rings. The van der Waals surface area contributed by atoms with Gasteiger partial charge in [0.15, 0.2) is 0 Å². The Labute approximate surface area is 462 Å². The molecule has 0 bridgehead atoms. The number of carbonyl (C=O) groups excluding carboxylic acids is 2. The van der Waals surface area contributed by atoms with Crippen LogP contribution in [0.1, 0.15) is 373 Å². The van der Waals surface area contributed by atoms with E-state index in [0.717, 1.165) is 44.9 Å². The van der Waals surface area contributed by atoms with Crippen molar-refractivity contribution in [2.24, 2.45) is 0 Å². The number of rotatable bonds is 63. The van der Waals surface area contributed by atoms with E-state index >= 15 is 0 Å². The van der Waals surface area contributed by atoms with Gasteiger partial charge in [-0.05, 0) is 57.8 Å². The Bertz CT molecular complexity index is 1150. The lowest BCUT2D eigenvalue weighted by Gasteiger charge is -2.20. The van der Waals surface area contributed by atoms with Crippen molar-refractivity contribution in [3.8, 4) is 0 Å². The second kappa shape index (κ2) is 63.9. The Morgan fingerprint density at radius 3 is 0.959 bits per heavy atom. The Morgan fingerprint density at radius 2 is 0.635 bits per heavy atom. The summed E-state index contributed by atoms with van der Waals surface area (Å²) < 4.78 is 5.50. The van der Waals surface area contributed by atoms with Crippen molar-refractivity contribution in [3.63, 3.8) is 0 Å². The largest absolute Gasteiger partial charge is 0.466 e. The van der Waals surface area contributed by atoms with Crippen molar-refractivity contribution in [2.75, 3.05) is 13.2 Å². The van der Waals surface area contributed by atoms with E-state index in [1.165, 1.54) is 302 Å². The molecule has 0 saturated carbocycles. The third-order valence-electron chi connectivity index (χ3n) is 15.7. The highest BCUT2D eigenvalue weighted by Crippen LogP contribution is 2.18. The number of hydrogen-bond donors (Lipinski definition) is 3. The van der Waals surface area contributed by atoms with Crippen LogP contribution in [0.15, 0.2) is 24.3 Å². The molecule has 2 atom stereocenters. The summed E-state index contributed by atoms with van der Waals surface area (Å²) in [5.74, 6) is -0.0550. The first-order valence-corrected chi connectivity index (χ1v) is 33.6. The topological polar surface area (TPSA) is 95.9 Å². The molecule has 0 aromatic carbocycles. The molecule has 74 heavy (non-hydrogen) atoms. The van der Waals surface area contributed by atoms with Crippen LogP contribution in [0.3, 0.4) is 0 Å². The second-order valence-corrected chi connectivity index (χ2v) is 23.2. The predicted octanol–water partition coefficient (Wildman–Crippen LogP) is 21.4. The molecule has 3 N–H and O–H groups in total. The average molecular weight is 1040 g/mol. The Kier molecular flexibility index (Phi) is 62.4. The molecule has 0 saturated heterocycles. The number of carbonyl (C=O) groups is 2. The van der Waals surface area contributed by atoms with E-state index in [2.05, 4.69) is 31.3 Å². The van der Waals surface area contributed by atoms with Crippen molar-refractivity contribution in [1.82, 2.24) is 5.32 Å². The average Bonchev–Trinajstić information content (AvgIpc) is 3.40. The fourth-order valence-corrected chi connectivity index (χ4v) is 10.6. The molecule has 2 unspecified atom stereocenters. The molecular weight excluding hydrogens is 911 g/mol. The maximum Gasteiger partial charge on any atom is 0.305 e. The molecule has 0 aliphatic carbocycles. The molecule has 0 fully saturated rings. The van der Waals surface area contributed by atoms with E-state index in [0.29, 0.717) is 19.4 Å². The minimum atomic E-state index is -0.845. The summed E-state index contributed by atoms with van der Waals surface area (Å²) in [6, 6.07) is -0.628. The zero-order valence-corrected chi connectivity index (χ0v) is 50.1. The predicted molar refractivity (Wildman–Crippen MR) is 324 cm³/mol. The number of amides is 1. The van der Waals surface area contributed by atoms with Crippen LogP contribution in [0.25, 0.3) is 0 Å². The third kappa shape index (κ3) is 59.6. The molecule has 0 aromatic rings. The standard InChI is InChI=1S/C68H131NO5/c1-3-5-7-9-11-13-15-17-19-21-29-32-36-40-44-48-52-56-60-66(71)65(64-70)69-67(72)61-57-53-49-45-41-37-33-30-26-24-22-23-25-27-31-35-39-43-47-51-55-59-63-74-68(73)62-58-54-50-46-42-38-34-28-20-18-16-14-12-10-8-6-4-2/h18,20,56,60,65-66,70-71H,3-17,19,21-55,57-59,61-64H2,1-2H3,(H,69,72)/b20-18-,60-56+. The number of allylic oxidation sites excluding steroid dienone is 3. The number of unbranched alkanes of at least 4 members (excludes halogenated alkanes) is 50. The zero-order chi connectivity index (χ0) is 53.6. The first-order chi connectivity index (χ1) is 36.5. The van der Waals surface area contributed by atoms with Gasteiger partial charge in [-0.1, -0.05) is 327 Å². The van der Waals surface area contributed by atoms with E-state index < -0.39 is 12.1 Å². The van der Waals surface area contributed by atoms with Crippen LogP contribution in [-0.2, 0) is 14.3 Å². The summed E-state index contributed by atoms with van der Waals surface area (Å²) in [6.07, 6.45) is 79.5. The van der Waals surface area contributed by atoms with E-state index in [1.807, 2.05) is 6.08 Å². The number of nitrogens with one attached hydrogen (secondary N) is 1. The van der Waals surface area contributed by atoms with Gasteiger partial charge in [0.05, 0.1) is 25.4 Å². The quantitative estimate of drug-likeness (QED) is 0.0320. The van der Waals surface area contributed by atoms with Gasteiger partial charge >= 0.3 is 5.97 Å². The van der Waals surface area contributed by atoms with Gasteiger partial charge in [-0.3, -0.25) is 9.59 Å². The number of hydrogen-bond acceptors (Lipinski definition) is 5. The molecule has 0 aliphatic heterocycles. The van der Waals surface area contributed by atoms with Gasteiger partial charge in [0.1, 0.15) is 0 Å². The van der Waals surface area contributed by atoms with Gasteiger partial charge in [0, 0.05) is 12.8 Å². The monoisotopic (exact) mass is 1040 g/mol. The van der Waals surface area contributed by atoms with Crippen molar-refractivity contribution in [3.05, 3.63) is 24.3 Å². The summed E-state index contributed by atoms with van der Waals surface area (Å²) in [6.45, 7) is 4.93. The molecule has 0 radical (unpaired) electrons. The molecule has 0 aromatic heterocycles. The Hall–Kier alpha value is -1.66. The van der Waals surface area contributed by atoms with Crippen LogP contribution in [0.2, 0.25) is 0 Å². The van der Waals surface area contributed by atoms with Crippen LogP contribution in [-0.4, -0.2) is 47.4 Å². The summed E-state index contributed by atoms with van der Waals surface area (Å²) in [5.41, 5.74) is 0. The summed E-state index contributed by atoms with van der Waals surface area (Å²) >= 11 is 0. The number of ether oxygens (including phenoxy) is 1. The molecule has 438 valence electrons. The van der Waals surface area contributed by atoms with Crippen molar-refractivity contribution >= 4 is 11.9 Å².